The molecule has 0 spiro atoms. The number of nitro groups is 1. The lowest BCUT2D eigenvalue weighted by Gasteiger charge is -2.16. The number of rotatable bonds is 5. The molecule has 0 atom stereocenters. The number of halogens is 1. The molecule has 0 unspecified atom stereocenters. The standard InChI is InChI=1S/C24H18ClN3O4/c1-14-4-3-5-19(12-14)27-23(29)21(16-7-10-18(11-8-16)28(31)32)22(24(27)30)26-17-9-6-15(2)20(25)13-17/h3-13,26H,1-2H3. The van der Waals surface area contributed by atoms with Crippen molar-refractivity contribution in [1.82, 2.24) is 0 Å². The van der Waals surface area contributed by atoms with Gasteiger partial charge in [0.05, 0.1) is 16.2 Å². The van der Waals surface area contributed by atoms with Crippen molar-refractivity contribution in [2.24, 2.45) is 0 Å². The van der Waals surface area contributed by atoms with Gasteiger partial charge in [-0.1, -0.05) is 29.8 Å². The molecule has 32 heavy (non-hydrogen) atoms. The first-order valence-corrected chi connectivity index (χ1v) is 10.1. The molecule has 3 aromatic rings. The van der Waals surface area contributed by atoms with Crippen LogP contribution in [0.25, 0.3) is 5.57 Å². The van der Waals surface area contributed by atoms with E-state index in [4.69, 9.17) is 11.6 Å². The van der Waals surface area contributed by atoms with Crippen molar-refractivity contribution in [2.45, 2.75) is 13.8 Å². The molecule has 1 N–H and O–H groups in total. The summed E-state index contributed by atoms with van der Waals surface area (Å²) in [4.78, 5) is 38.4. The highest BCUT2D eigenvalue weighted by Crippen LogP contribution is 2.35. The Kier molecular flexibility index (Phi) is 5.50. The van der Waals surface area contributed by atoms with Crippen molar-refractivity contribution in [3.05, 3.63) is 104 Å². The van der Waals surface area contributed by atoms with Crippen LogP contribution >= 0.6 is 11.6 Å². The lowest BCUT2D eigenvalue weighted by molar-refractivity contribution is -0.384. The van der Waals surface area contributed by atoms with Crippen LogP contribution in [0.5, 0.6) is 0 Å². The highest BCUT2D eigenvalue weighted by atomic mass is 35.5. The average molecular weight is 448 g/mol. The van der Waals surface area contributed by atoms with Crippen LogP contribution < -0.4 is 10.2 Å². The molecule has 2 amide bonds. The van der Waals surface area contributed by atoms with Gasteiger partial charge in [0, 0.05) is 22.8 Å². The van der Waals surface area contributed by atoms with E-state index in [-0.39, 0.29) is 17.0 Å². The average Bonchev–Trinajstić information content (AvgIpc) is 3.00. The van der Waals surface area contributed by atoms with E-state index < -0.39 is 16.7 Å². The molecule has 1 aliphatic heterocycles. The number of amides is 2. The summed E-state index contributed by atoms with van der Waals surface area (Å²) < 4.78 is 0. The summed E-state index contributed by atoms with van der Waals surface area (Å²) in [7, 11) is 0. The van der Waals surface area contributed by atoms with Crippen molar-refractivity contribution >= 4 is 46.1 Å². The smallest absolute Gasteiger partial charge is 0.282 e. The first kappa shape index (κ1) is 21.3. The molecule has 7 nitrogen and oxygen atoms in total. The van der Waals surface area contributed by atoms with Gasteiger partial charge in [-0.05, 0) is 66.9 Å². The van der Waals surface area contributed by atoms with Crippen LogP contribution in [-0.4, -0.2) is 16.7 Å². The zero-order valence-corrected chi connectivity index (χ0v) is 18.0. The van der Waals surface area contributed by atoms with Gasteiger partial charge in [0.15, 0.2) is 0 Å². The highest BCUT2D eigenvalue weighted by Gasteiger charge is 2.40. The Morgan fingerprint density at radius 3 is 2.28 bits per heavy atom. The van der Waals surface area contributed by atoms with E-state index in [2.05, 4.69) is 5.32 Å². The van der Waals surface area contributed by atoms with Crippen LogP contribution in [0.4, 0.5) is 17.1 Å². The Morgan fingerprint density at radius 2 is 1.66 bits per heavy atom. The first-order chi connectivity index (χ1) is 15.3. The molecular formula is C24H18ClN3O4. The Balaban J connectivity index is 1.83. The third-order valence-corrected chi connectivity index (χ3v) is 5.56. The second-order valence-electron chi connectivity index (χ2n) is 7.43. The van der Waals surface area contributed by atoms with Crippen LogP contribution in [0, 0.1) is 24.0 Å². The van der Waals surface area contributed by atoms with Crippen LogP contribution in [0.1, 0.15) is 16.7 Å². The number of hydrogen-bond acceptors (Lipinski definition) is 5. The summed E-state index contributed by atoms with van der Waals surface area (Å²) in [5.41, 5.74) is 3.24. The van der Waals surface area contributed by atoms with Crippen LogP contribution in [0.3, 0.4) is 0 Å². The van der Waals surface area contributed by atoms with E-state index in [1.807, 2.05) is 19.9 Å². The summed E-state index contributed by atoms with van der Waals surface area (Å²) in [5.74, 6) is -1.04. The fraction of sp³-hybridized carbons (Fsp3) is 0.0833. The summed E-state index contributed by atoms with van der Waals surface area (Å²) in [6.07, 6.45) is 0. The zero-order valence-electron chi connectivity index (χ0n) is 17.3. The molecule has 0 saturated heterocycles. The third kappa shape index (κ3) is 3.86. The minimum absolute atomic E-state index is 0.0743. The first-order valence-electron chi connectivity index (χ1n) is 9.74. The largest absolute Gasteiger partial charge is 0.350 e. The summed E-state index contributed by atoms with van der Waals surface area (Å²) in [6.45, 7) is 3.73. The number of aryl methyl sites for hydroxylation is 2. The maximum atomic E-state index is 13.4. The minimum Gasteiger partial charge on any atom is -0.350 e. The lowest BCUT2D eigenvalue weighted by Crippen LogP contribution is -2.32. The van der Waals surface area contributed by atoms with E-state index >= 15 is 0 Å². The monoisotopic (exact) mass is 447 g/mol. The fourth-order valence-electron chi connectivity index (χ4n) is 3.48. The van der Waals surface area contributed by atoms with E-state index in [1.54, 1.807) is 36.4 Å². The van der Waals surface area contributed by atoms with Gasteiger partial charge in [-0.25, -0.2) is 4.90 Å². The van der Waals surface area contributed by atoms with Crippen molar-refractivity contribution in [2.75, 3.05) is 10.2 Å². The third-order valence-electron chi connectivity index (χ3n) is 5.15. The summed E-state index contributed by atoms with van der Waals surface area (Å²) in [5, 5.41) is 14.6. The molecule has 0 bridgehead atoms. The molecule has 0 radical (unpaired) electrons. The molecule has 0 aromatic heterocycles. The van der Waals surface area contributed by atoms with Gasteiger partial charge in [-0.15, -0.1) is 0 Å². The lowest BCUT2D eigenvalue weighted by atomic mass is 10.0. The molecule has 4 rings (SSSR count). The van der Waals surface area contributed by atoms with E-state index in [1.165, 1.54) is 24.3 Å². The number of nitrogens with one attached hydrogen (secondary N) is 1. The van der Waals surface area contributed by atoms with Crippen molar-refractivity contribution in [3.63, 3.8) is 0 Å². The topological polar surface area (TPSA) is 92.6 Å². The summed E-state index contributed by atoms with van der Waals surface area (Å²) in [6, 6.07) is 17.8. The van der Waals surface area contributed by atoms with Gasteiger partial charge in [0.25, 0.3) is 17.5 Å². The Morgan fingerprint density at radius 1 is 0.938 bits per heavy atom. The Bertz CT molecular complexity index is 1300. The maximum absolute atomic E-state index is 13.4. The van der Waals surface area contributed by atoms with Gasteiger partial charge < -0.3 is 5.32 Å². The second kappa shape index (κ2) is 8.28. The van der Waals surface area contributed by atoms with Gasteiger partial charge in [-0.3, -0.25) is 19.7 Å². The highest BCUT2D eigenvalue weighted by molar-refractivity contribution is 6.46. The Hall–Kier alpha value is -3.97. The number of benzene rings is 3. The molecule has 0 fully saturated rings. The number of non-ortho nitro benzene ring substituents is 1. The van der Waals surface area contributed by atoms with Gasteiger partial charge >= 0.3 is 0 Å². The number of nitrogens with zero attached hydrogens (tertiary/aromatic N) is 2. The van der Waals surface area contributed by atoms with Gasteiger partial charge in [-0.2, -0.15) is 0 Å². The zero-order chi connectivity index (χ0) is 23.0. The van der Waals surface area contributed by atoms with Crippen molar-refractivity contribution < 1.29 is 14.5 Å². The molecule has 8 heteroatoms. The van der Waals surface area contributed by atoms with Gasteiger partial charge in [0.1, 0.15) is 5.70 Å². The number of nitro benzene ring substituents is 1. The predicted octanol–water partition coefficient (Wildman–Crippen LogP) is 5.26. The number of hydrogen-bond donors (Lipinski definition) is 1. The van der Waals surface area contributed by atoms with Crippen molar-refractivity contribution in [3.8, 4) is 0 Å². The molecule has 1 heterocycles. The van der Waals surface area contributed by atoms with Crippen LogP contribution in [0.15, 0.2) is 72.4 Å². The molecule has 0 saturated carbocycles. The SMILES string of the molecule is Cc1cccc(N2C(=O)C(Nc3ccc(C)c(Cl)c3)=C(c3ccc([N+](=O)[O-])cc3)C2=O)c1. The second-order valence-corrected chi connectivity index (χ2v) is 7.83. The molecular weight excluding hydrogens is 430 g/mol. The minimum atomic E-state index is -0.523. The predicted molar refractivity (Wildman–Crippen MR) is 124 cm³/mol. The Labute approximate surface area is 189 Å². The normalized spacial score (nSPS) is 13.7. The van der Waals surface area contributed by atoms with Crippen LogP contribution in [0.2, 0.25) is 5.02 Å². The maximum Gasteiger partial charge on any atom is 0.282 e. The van der Waals surface area contributed by atoms with E-state index in [0.717, 1.165) is 16.0 Å². The molecule has 160 valence electrons. The fourth-order valence-corrected chi connectivity index (χ4v) is 3.66. The molecule has 1 aliphatic rings. The number of carbonyl (C=O) groups excluding carboxylic acids is 2. The quantitative estimate of drug-likeness (QED) is 0.327. The van der Waals surface area contributed by atoms with E-state index in [9.17, 15) is 19.7 Å². The van der Waals surface area contributed by atoms with Crippen molar-refractivity contribution in [1.29, 1.82) is 0 Å². The molecule has 0 aliphatic carbocycles. The number of anilines is 2. The summed E-state index contributed by atoms with van der Waals surface area (Å²) >= 11 is 6.22. The molecule has 3 aromatic carbocycles. The number of imide groups is 1. The van der Waals surface area contributed by atoms with Gasteiger partial charge in [0.2, 0.25) is 0 Å². The van der Waals surface area contributed by atoms with Crippen LogP contribution in [-0.2, 0) is 9.59 Å². The van der Waals surface area contributed by atoms with E-state index in [0.29, 0.717) is 22.0 Å². The number of carbonyl (C=O) groups is 2.